The number of hydrogen-bond acceptors (Lipinski definition) is 9. The van der Waals surface area contributed by atoms with Crippen LogP contribution in [-0.2, 0) is 19.0 Å². The van der Waals surface area contributed by atoms with E-state index in [2.05, 4.69) is 25.2 Å². The first-order valence-corrected chi connectivity index (χ1v) is 13.5. The molecule has 12 heteroatoms. The maximum Gasteiger partial charge on any atom is 0.407 e. The largest absolute Gasteiger partial charge is 0.456 e. The van der Waals surface area contributed by atoms with Crippen LogP contribution in [0.2, 0.25) is 5.02 Å². The molecule has 1 amide bonds. The molecular formula is C27H30ClN5O6. The van der Waals surface area contributed by atoms with Crippen LogP contribution in [0.4, 0.5) is 10.5 Å². The number of H-pyrrole nitrogens is 1. The predicted molar refractivity (Wildman–Crippen MR) is 143 cm³/mol. The van der Waals surface area contributed by atoms with Crippen molar-refractivity contribution in [3.05, 3.63) is 35.4 Å². The van der Waals surface area contributed by atoms with Gasteiger partial charge >= 0.3 is 6.09 Å². The SMILES string of the molecule is CC(C)NC(=O)OC1CCN(c2ccc(-c3nc4nc(OC5COC6C(=O)COC56)[nH]c4cc3Cl)cc2)CC1. The number of nitrogens with zero attached hydrogens (tertiary/aromatic N) is 3. The number of imidazole rings is 1. The van der Waals surface area contributed by atoms with E-state index in [-0.39, 0.29) is 43.2 Å². The smallest absolute Gasteiger partial charge is 0.407 e. The van der Waals surface area contributed by atoms with Gasteiger partial charge in [0.15, 0.2) is 17.5 Å². The van der Waals surface area contributed by atoms with Crippen molar-refractivity contribution in [1.29, 1.82) is 0 Å². The lowest BCUT2D eigenvalue weighted by atomic mass is 10.1. The highest BCUT2D eigenvalue weighted by Gasteiger charge is 2.48. The quantitative estimate of drug-likeness (QED) is 0.469. The first-order valence-electron chi connectivity index (χ1n) is 13.2. The van der Waals surface area contributed by atoms with Crippen LogP contribution in [0.1, 0.15) is 26.7 Å². The van der Waals surface area contributed by atoms with Crippen molar-refractivity contribution < 1.29 is 28.5 Å². The molecule has 0 saturated carbocycles. The molecule has 206 valence electrons. The van der Waals surface area contributed by atoms with Gasteiger partial charge < -0.3 is 34.1 Å². The molecule has 6 rings (SSSR count). The number of anilines is 1. The number of pyridine rings is 1. The molecule has 5 heterocycles. The molecule has 2 aromatic heterocycles. The Morgan fingerprint density at radius 2 is 1.95 bits per heavy atom. The Balaban J connectivity index is 1.10. The van der Waals surface area contributed by atoms with Gasteiger partial charge in [-0.15, -0.1) is 0 Å². The van der Waals surface area contributed by atoms with E-state index < -0.39 is 18.3 Å². The minimum atomic E-state index is -0.572. The summed E-state index contributed by atoms with van der Waals surface area (Å²) in [6.07, 6.45) is -0.317. The van der Waals surface area contributed by atoms with Crippen LogP contribution in [-0.4, -0.2) is 83.6 Å². The van der Waals surface area contributed by atoms with Crippen molar-refractivity contribution in [2.75, 3.05) is 31.2 Å². The number of rotatable bonds is 6. The van der Waals surface area contributed by atoms with Crippen molar-refractivity contribution in [2.24, 2.45) is 0 Å². The van der Waals surface area contributed by atoms with Gasteiger partial charge in [-0.3, -0.25) is 4.79 Å². The number of aromatic nitrogens is 3. The summed E-state index contributed by atoms with van der Waals surface area (Å²) < 4.78 is 22.5. The number of amides is 1. The van der Waals surface area contributed by atoms with Crippen LogP contribution >= 0.6 is 11.6 Å². The topological polar surface area (TPSA) is 128 Å². The van der Waals surface area contributed by atoms with Crippen molar-refractivity contribution in [3.63, 3.8) is 0 Å². The third kappa shape index (κ3) is 5.39. The molecule has 1 aromatic carbocycles. The second kappa shape index (κ2) is 10.6. The molecule has 0 spiro atoms. The first-order chi connectivity index (χ1) is 18.8. The van der Waals surface area contributed by atoms with E-state index in [9.17, 15) is 9.59 Å². The molecule has 39 heavy (non-hydrogen) atoms. The Morgan fingerprint density at radius 3 is 2.69 bits per heavy atom. The highest BCUT2D eigenvalue weighted by Crippen LogP contribution is 2.32. The van der Waals surface area contributed by atoms with E-state index in [1.54, 1.807) is 6.07 Å². The highest BCUT2D eigenvalue weighted by molar-refractivity contribution is 6.33. The van der Waals surface area contributed by atoms with Crippen LogP contribution in [0.3, 0.4) is 0 Å². The minimum Gasteiger partial charge on any atom is -0.456 e. The monoisotopic (exact) mass is 555 g/mol. The third-order valence-corrected chi connectivity index (χ3v) is 7.42. The zero-order valence-corrected chi connectivity index (χ0v) is 22.4. The van der Waals surface area contributed by atoms with E-state index in [0.29, 0.717) is 21.9 Å². The summed E-state index contributed by atoms with van der Waals surface area (Å²) in [4.78, 5) is 38.2. The van der Waals surface area contributed by atoms with Crippen LogP contribution in [0.5, 0.6) is 6.01 Å². The number of carbonyl (C=O) groups excluding carboxylic acids is 2. The molecule has 0 bridgehead atoms. The highest BCUT2D eigenvalue weighted by atomic mass is 35.5. The summed E-state index contributed by atoms with van der Waals surface area (Å²) in [6.45, 7) is 5.71. The summed E-state index contributed by atoms with van der Waals surface area (Å²) in [5, 5.41) is 3.25. The lowest BCUT2D eigenvalue weighted by molar-refractivity contribution is -0.125. The zero-order valence-electron chi connectivity index (χ0n) is 21.7. The van der Waals surface area contributed by atoms with Gasteiger partial charge in [0.25, 0.3) is 6.01 Å². The lowest BCUT2D eigenvalue weighted by Crippen LogP contribution is -2.40. The minimum absolute atomic E-state index is 0.0402. The second-order valence-corrected chi connectivity index (χ2v) is 10.7. The number of hydrogen-bond donors (Lipinski definition) is 2. The predicted octanol–water partition coefficient (Wildman–Crippen LogP) is 3.50. The van der Waals surface area contributed by atoms with Crippen LogP contribution in [0, 0.1) is 0 Å². The molecule has 3 unspecified atom stereocenters. The fourth-order valence-electron chi connectivity index (χ4n) is 5.20. The van der Waals surface area contributed by atoms with Gasteiger partial charge in [-0.2, -0.15) is 4.98 Å². The maximum atomic E-state index is 11.9. The number of piperidine rings is 1. The number of ether oxygens (including phenoxy) is 4. The van der Waals surface area contributed by atoms with E-state index in [4.69, 9.17) is 30.5 Å². The average Bonchev–Trinajstić information content (AvgIpc) is 3.60. The van der Waals surface area contributed by atoms with E-state index in [0.717, 1.165) is 37.2 Å². The molecule has 0 aliphatic carbocycles. The number of benzene rings is 1. The fraction of sp³-hybridized carbons (Fsp3) is 0.481. The van der Waals surface area contributed by atoms with Gasteiger partial charge in [-0.25, -0.2) is 9.78 Å². The Morgan fingerprint density at radius 1 is 1.18 bits per heavy atom. The number of ketones is 1. The van der Waals surface area contributed by atoms with E-state index in [1.807, 2.05) is 38.1 Å². The molecular weight excluding hydrogens is 526 g/mol. The van der Waals surface area contributed by atoms with Gasteiger partial charge in [0.2, 0.25) is 0 Å². The Kier molecular flexibility index (Phi) is 7.05. The van der Waals surface area contributed by atoms with E-state index >= 15 is 0 Å². The van der Waals surface area contributed by atoms with Crippen molar-refractivity contribution in [3.8, 4) is 17.3 Å². The van der Waals surface area contributed by atoms with Gasteiger partial charge in [0.05, 0.1) is 22.8 Å². The van der Waals surface area contributed by atoms with Crippen molar-refractivity contribution >= 4 is 40.3 Å². The standard InChI is InChI=1S/C27H30ClN5O6/c1-14(2)29-27(35)38-17-7-9-33(10-8-17)16-5-3-15(4-6-16)22-18(28)11-19-25(31-22)32-26(30-19)39-21-13-37-23-20(34)12-36-24(21)23/h3-6,11,14,17,21,23-24H,7-10,12-13H2,1-2H3,(H,29,35)(H,30,31,32). The molecule has 0 radical (unpaired) electrons. The normalized spacial score (nSPS) is 23.4. The molecule has 2 N–H and O–H groups in total. The Labute approximate surface area is 230 Å². The zero-order chi connectivity index (χ0) is 27.1. The summed E-state index contributed by atoms with van der Waals surface area (Å²) in [7, 11) is 0. The van der Waals surface area contributed by atoms with Gasteiger partial charge in [-0.05, 0) is 32.0 Å². The second-order valence-electron chi connectivity index (χ2n) is 10.3. The Hall–Kier alpha value is -3.41. The number of nitrogens with one attached hydrogen (secondary N) is 2. The average molecular weight is 556 g/mol. The Bertz CT molecular complexity index is 1370. The van der Waals surface area contributed by atoms with Crippen molar-refractivity contribution in [2.45, 2.75) is 57.1 Å². The lowest BCUT2D eigenvalue weighted by Gasteiger charge is -2.33. The number of alkyl carbamates (subject to hydrolysis) is 1. The van der Waals surface area contributed by atoms with Crippen molar-refractivity contribution in [1.82, 2.24) is 20.3 Å². The summed E-state index contributed by atoms with van der Waals surface area (Å²) >= 11 is 6.60. The summed E-state index contributed by atoms with van der Waals surface area (Å²) in [6, 6.07) is 10.2. The van der Waals surface area contributed by atoms with Gasteiger partial charge in [0, 0.05) is 43.2 Å². The molecule has 11 nitrogen and oxygen atoms in total. The molecule has 3 saturated heterocycles. The fourth-order valence-corrected chi connectivity index (χ4v) is 5.46. The number of Topliss-reactive ketones (excluding diaryl/α,β-unsaturated/α-hetero) is 1. The number of carbonyl (C=O) groups is 2. The molecule has 3 fully saturated rings. The number of halogens is 1. The molecule has 3 aromatic rings. The van der Waals surface area contributed by atoms with Crippen LogP contribution in [0.15, 0.2) is 30.3 Å². The first kappa shape index (κ1) is 25.8. The van der Waals surface area contributed by atoms with Crippen LogP contribution in [0.25, 0.3) is 22.4 Å². The summed E-state index contributed by atoms with van der Waals surface area (Å²) in [5.41, 5.74) is 3.68. The number of aromatic amines is 1. The van der Waals surface area contributed by atoms with Crippen LogP contribution < -0.4 is 15.0 Å². The van der Waals surface area contributed by atoms with E-state index in [1.165, 1.54) is 0 Å². The molecule has 3 aliphatic rings. The number of fused-ring (bicyclic) bond motifs is 2. The third-order valence-electron chi connectivity index (χ3n) is 7.14. The molecule has 3 aliphatic heterocycles. The molecule has 3 atom stereocenters. The van der Waals surface area contributed by atoms with Gasteiger partial charge in [-0.1, -0.05) is 23.7 Å². The van der Waals surface area contributed by atoms with Gasteiger partial charge in [0.1, 0.15) is 24.9 Å². The maximum absolute atomic E-state index is 11.9. The summed E-state index contributed by atoms with van der Waals surface area (Å²) in [5.74, 6) is -0.0653.